The number of rotatable bonds is 5. The molecule has 0 spiro atoms. The monoisotopic (exact) mass is 864 g/mol. The van der Waals surface area contributed by atoms with E-state index >= 15 is 0 Å². The van der Waals surface area contributed by atoms with Gasteiger partial charge in [-0.2, -0.15) is 10.5 Å². The first kappa shape index (κ1) is 37.7. The van der Waals surface area contributed by atoms with Gasteiger partial charge in [-0.3, -0.25) is 0 Å². The fraction of sp³-hybridized carbons (Fsp3) is 0. The van der Waals surface area contributed by atoms with Crippen LogP contribution in [0.3, 0.4) is 0 Å². The Morgan fingerprint density at radius 3 is 1.37 bits per heavy atom. The zero-order valence-corrected chi connectivity index (χ0v) is 36.5. The van der Waals surface area contributed by atoms with Crippen LogP contribution in [0.1, 0.15) is 11.1 Å². The summed E-state index contributed by atoms with van der Waals surface area (Å²) in [5.74, 6) is 0. The number of benzene rings is 10. The first-order valence-corrected chi connectivity index (χ1v) is 22.8. The highest BCUT2D eigenvalue weighted by Crippen LogP contribution is 2.46. The van der Waals surface area contributed by atoms with Crippen molar-refractivity contribution in [2.75, 3.05) is 0 Å². The molecule has 0 N–H and O–H groups in total. The summed E-state index contributed by atoms with van der Waals surface area (Å²) in [7, 11) is 0. The summed E-state index contributed by atoms with van der Waals surface area (Å²) in [5, 5.41) is 31.3. The quantitative estimate of drug-likeness (QED) is 0.173. The van der Waals surface area contributed by atoms with Gasteiger partial charge in [0, 0.05) is 54.5 Å². The van der Waals surface area contributed by atoms with Crippen molar-refractivity contribution >= 4 is 87.2 Å². The van der Waals surface area contributed by atoms with Crippen LogP contribution in [0.25, 0.3) is 121 Å². The van der Waals surface area contributed by atoms with Gasteiger partial charge in [0.1, 0.15) is 11.6 Å². The molecular formula is C62H36N6. The SMILES string of the molecule is N#Cc1ccccc1-c1cc(-n2c3ccccc3c3cc4c(cc32)c2ccccc2n4-c2ccccc2)c(C#N)c(-n2c3ccccc3c3c2ccc2c4ccccc4n(-c4ccccc4)c23)c1. The van der Waals surface area contributed by atoms with Crippen LogP contribution in [0.5, 0.6) is 0 Å². The van der Waals surface area contributed by atoms with Crippen LogP contribution in [0.4, 0.5) is 0 Å². The van der Waals surface area contributed by atoms with Gasteiger partial charge in [-0.1, -0.05) is 133 Å². The molecule has 0 saturated carbocycles. The molecule has 0 amide bonds. The largest absolute Gasteiger partial charge is 0.309 e. The molecule has 0 aliphatic rings. The molecule has 14 aromatic rings. The normalized spacial score (nSPS) is 11.8. The molecule has 14 rings (SSSR count). The summed E-state index contributed by atoms with van der Waals surface area (Å²) in [5.41, 5.74) is 14.7. The van der Waals surface area contributed by atoms with Crippen molar-refractivity contribution in [1.29, 1.82) is 10.5 Å². The number of nitriles is 2. The van der Waals surface area contributed by atoms with Crippen LogP contribution in [-0.4, -0.2) is 18.3 Å². The minimum absolute atomic E-state index is 0.518. The van der Waals surface area contributed by atoms with Gasteiger partial charge in [0.05, 0.1) is 67.1 Å². The van der Waals surface area contributed by atoms with Gasteiger partial charge in [-0.05, 0) is 96.1 Å². The zero-order chi connectivity index (χ0) is 45.0. The molecule has 6 nitrogen and oxygen atoms in total. The Bertz CT molecular complexity index is 4510. The summed E-state index contributed by atoms with van der Waals surface area (Å²) in [6, 6.07) is 81.7. The van der Waals surface area contributed by atoms with Crippen LogP contribution in [0.2, 0.25) is 0 Å². The molecule has 10 aromatic carbocycles. The minimum Gasteiger partial charge on any atom is -0.309 e. The Kier molecular flexibility index (Phi) is 8.01. The number of nitrogens with zero attached hydrogens (tertiary/aromatic N) is 6. The lowest BCUT2D eigenvalue weighted by Gasteiger charge is -2.19. The maximum Gasteiger partial charge on any atom is 0.104 e. The van der Waals surface area contributed by atoms with E-state index in [9.17, 15) is 10.5 Å². The van der Waals surface area contributed by atoms with E-state index in [4.69, 9.17) is 0 Å². The highest BCUT2D eigenvalue weighted by molar-refractivity contribution is 6.26. The van der Waals surface area contributed by atoms with Crippen molar-refractivity contribution < 1.29 is 0 Å². The minimum atomic E-state index is 0.518. The summed E-state index contributed by atoms with van der Waals surface area (Å²) in [6.07, 6.45) is 0. The number of hydrogen-bond acceptors (Lipinski definition) is 2. The summed E-state index contributed by atoms with van der Waals surface area (Å²) in [4.78, 5) is 0. The molecule has 314 valence electrons. The Morgan fingerprint density at radius 1 is 0.309 bits per heavy atom. The van der Waals surface area contributed by atoms with Crippen molar-refractivity contribution in [2.24, 2.45) is 0 Å². The molecule has 4 aromatic heterocycles. The molecular weight excluding hydrogens is 829 g/mol. The van der Waals surface area contributed by atoms with E-state index in [1.165, 1.54) is 5.39 Å². The molecule has 0 aliphatic carbocycles. The van der Waals surface area contributed by atoms with Gasteiger partial charge in [0.2, 0.25) is 0 Å². The highest BCUT2D eigenvalue weighted by atomic mass is 15.0. The first-order valence-electron chi connectivity index (χ1n) is 22.8. The second-order valence-corrected chi connectivity index (χ2v) is 17.5. The maximum absolute atomic E-state index is 11.8. The average molecular weight is 865 g/mol. The van der Waals surface area contributed by atoms with Crippen LogP contribution in [0, 0.1) is 22.7 Å². The third-order valence-electron chi connectivity index (χ3n) is 14.0. The van der Waals surface area contributed by atoms with E-state index in [1.54, 1.807) is 0 Å². The van der Waals surface area contributed by atoms with Crippen LogP contribution < -0.4 is 0 Å². The van der Waals surface area contributed by atoms with E-state index in [2.05, 4.69) is 225 Å². The maximum atomic E-state index is 11.8. The van der Waals surface area contributed by atoms with Crippen LogP contribution in [-0.2, 0) is 0 Å². The fourth-order valence-corrected chi connectivity index (χ4v) is 11.2. The van der Waals surface area contributed by atoms with E-state index in [-0.39, 0.29) is 0 Å². The average Bonchev–Trinajstić information content (AvgIpc) is 4.12. The van der Waals surface area contributed by atoms with Crippen molar-refractivity contribution in [1.82, 2.24) is 18.3 Å². The predicted octanol–water partition coefficient (Wildman–Crippen LogP) is 15.5. The van der Waals surface area contributed by atoms with Crippen molar-refractivity contribution in [3.63, 3.8) is 0 Å². The van der Waals surface area contributed by atoms with Crippen LogP contribution in [0.15, 0.2) is 218 Å². The lowest BCUT2D eigenvalue weighted by molar-refractivity contribution is 1.12. The van der Waals surface area contributed by atoms with Gasteiger partial charge < -0.3 is 18.3 Å². The Morgan fingerprint density at radius 2 is 0.765 bits per heavy atom. The highest BCUT2D eigenvalue weighted by Gasteiger charge is 2.26. The standard InChI is InChI=1S/C62H36N6/c63-37-39-17-7-8-22-43(39)40-33-57(67-55-30-16-12-26-48(55)61-56(67)32-31-47-44-23-9-14-28-53(44)66(62(47)61)42-20-5-2-6-21-42)51(38-64)58(34-40)68-54-29-15-11-25-46(54)50-35-59-49(36-60(50)68)45-24-10-13-27-52(45)65(59)41-18-3-1-4-19-41/h1-36H. The molecule has 6 heteroatoms. The summed E-state index contributed by atoms with van der Waals surface area (Å²) in [6.45, 7) is 0. The summed E-state index contributed by atoms with van der Waals surface area (Å²) < 4.78 is 9.29. The second-order valence-electron chi connectivity index (χ2n) is 17.5. The van der Waals surface area contributed by atoms with Gasteiger partial charge in [0.15, 0.2) is 0 Å². The topological polar surface area (TPSA) is 67.3 Å². The molecule has 68 heavy (non-hydrogen) atoms. The molecule has 0 bridgehead atoms. The molecule has 0 saturated heterocycles. The number of para-hydroxylation sites is 6. The Hall–Kier alpha value is -9.62. The van der Waals surface area contributed by atoms with Gasteiger partial charge >= 0.3 is 0 Å². The molecule has 0 fully saturated rings. The number of aromatic nitrogens is 4. The molecule has 0 radical (unpaired) electrons. The predicted molar refractivity (Wildman–Crippen MR) is 279 cm³/mol. The van der Waals surface area contributed by atoms with E-state index in [0.717, 1.165) is 116 Å². The van der Waals surface area contributed by atoms with Gasteiger partial charge in [-0.25, -0.2) is 0 Å². The first-order chi connectivity index (χ1) is 33.7. The van der Waals surface area contributed by atoms with Crippen molar-refractivity contribution in [3.8, 4) is 46.0 Å². The number of fused-ring (bicyclic) bond motifs is 13. The van der Waals surface area contributed by atoms with E-state index in [1.807, 2.05) is 24.3 Å². The van der Waals surface area contributed by atoms with Crippen LogP contribution >= 0.6 is 0 Å². The molecule has 0 atom stereocenters. The van der Waals surface area contributed by atoms with E-state index in [0.29, 0.717) is 11.1 Å². The van der Waals surface area contributed by atoms with Gasteiger partial charge in [0.25, 0.3) is 0 Å². The lowest BCUT2D eigenvalue weighted by atomic mass is 9.96. The van der Waals surface area contributed by atoms with E-state index < -0.39 is 0 Å². The molecule has 4 heterocycles. The smallest absolute Gasteiger partial charge is 0.104 e. The zero-order valence-electron chi connectivity index (χ0n) is 36.5. The summed E-state index contributed by atoms with van der Waals surface area (Å²) >= 11 is 0. The molecule has 0 aliphatic heterocycles. The fourth-order valence-electron chi connectivity index (χ4n) is 11.2. The van der Waals surface area contributed by atoms with Gasteiger partial charge in [-0.15, -0.1) is 0 Å². The van der Waals surface area contributed by atoms with Crippen molar-refractivity contribution in [2.45, 2.75) is 0 Å². The Labute approximate surface area is 389 Å². The molecule has 0 unspecified atom stereocenters. The van der Waals surface area contributed by atoms with Crippen molar-refractivity contribution in [3.05, 3.63) is 230 Å². The third kappa shape index (κ3) is 5.20. The second kappa shape index (κ2) is 14.4. The third-order valence-corrected chi connectivity index (χ3v) is 14.0. The number of hydrogen-bond donors (Lipinski definition) is 0. The lowest BCUT2D eigenvalue weighted by Crippen LogP contribution is -2.05. The Balaban J connectivity index is 1.14.